The summed E-state index contributed by atoms with van der Waals surface area (Å²) in [5.74, 6) is -0.452. The van der Waals surface area contributed by atoms with Gasteiger partial charge in [-0.3, -0.25) is 10.1 Å². The van der Waals surface area contributed by atoms with E-state index in [-0.39, 0.29) is 5.69 Å². The van der Waals surface area contributed by atoms with Crippen molar-refractivity contribution in [3.8, 4) is 0 Å². The molecule has 6 nitrogen and oxygen atoms in total. The lowest BCUT2D eigenvalue weighted by molar-refractivity contribution is -0.385. The molecule has 0 radical (unpaired) electrons. The van der Waals surface area contributed by atoms with E-state index in [2.05, 4.69) is 4.98 Å². The molecule has 0 amide bonds. The summed E-state index contributed by atoms with van der Waals surface area (Å²) in [4.78, 5) is 25.1. The van der Waals surface area contributed by atoms with Crippen molar-refractivity contribution in [2.24, 2.45) is 0 Å². The molecule has 0 atom stereocenters. The van der Waals surface area contributed by atoms with E-state index in [0.29, 0.717) is 27.7 Å². The standard InChI is InChI=1S/C12H12N2O4/c1-6-9(14(16)17)5-4-8-10(12(15)18-3)7(2)13-11(6)8/h4-5,13H,1-3H3. The molecule has 1 N–H and O–H groups in total. The lowest BCUT2D eigenvalue weighted by Gasteiger charge is -2.00. The van der Waals surface area contributed by atoms with Gasteiger partial charge in [-0.25, -0.2) is 4.79 Å². The Balaban J connectivity index is 2.79. The normalized spacial score (nSPS) is 10.6. The number of aromatic nitrogens is 1. The Morgan fingerprint density at radius 1 is 1.39 bits per heavy atom. The van der Waals surface area contributed by atoms with Crippen molar-refractivity contribution >= 4 is 22.6 Å². The van der Waals surface area contributed by atoms with E-state index in [9.17, 15) is 14.9 Å². The lowest BCUT2D eigenvalue weighted by atomic mass is 10.1. The molecule has 2 rings (SSSR count). The molecule has 0 unspecified atom stereocenters. The molecule has 18 heavy (non-hydrogen) atoms. The molecule has 0 aliphatic carbocycles. The van der Waals surface area contributed by atoms with E-state index in [4.69, 9.17) is 4.74 Å². The molecule has 0 fully saturated rings. The smallest absolute Gasteiger partial charge is 0.340 e. The predicted octanol–water partition coefficient (Wildman–Crippen LogP) is 2.48. The molecule has 0 spiro atoms. The number of nitro groups is 1. The first-order valence-corrected chi connectivity index (χ1v) is 5.32. The third-order valence-corrected chi connectivity index (χ3v) is 2.98. The highest BCUT2D eigenvalue weighted by atomic mass is 16.6. The van der Waals surface area contributed by atoms with Gasteiger partial charge < -0.3 is 9.72 Å². The molecule has 0 aliphatic rings. The number of nitrogens with zero attached hydrogens (tertiary/aromatic N) is 1. The molecule has 1 heterocycles. The number of hydrogen-bond acceptors (Lipinski definition) is 4. The lowest BCUT2D eigenvalue weighted by Crippen LogP contribution is -2.02. The summed E-state index contributed by atoms with van der Waals surface area (Å²) in [7, 11) is 1.30. The quantitative estimate of drug-likeness (QED) is 0.502. The second-order valence-corrected chi connectivity index (χ2v) is 4.01. The molecular formula is C12H12N2O4. The maximum absolute atomic E-state index is 11.7. The molecule has 0 saturated carbocycles. The van der Waals surface area contributed by atoms with Gasteiger partial charge in [-0.05, 0) is 19.9 Å². The maximum Gasteiger partial charge on any atom is 0.340 e. The number of hydrogen-bond donors (Lipinski definition) is 1. The van der Waals surface area contributed by atoms with Crippen LogP contribution in [0.25, 0.3) is 10.9 Å². The van der Waals surface area contributed by atoms with Crippen LogP contribution in [0.4, 0.5) is 5.69 Å². The van der Waals surface area contributed by atoms with Gasteiger partial charge in [-0.1, -0.05) is 0 Å². The molecule has 1 aromatic heterocycles. The largest absolute Gasteiger partial charge is 0.465 e. The van der Waals surface area contributed by atoms with Gasteiger partial charge >= 0.3 is 5.97 Å². The Morgan fingerprint density at radius 2 is 2.06 bits per heavy atom. The highest BCUT2D eigenvalue weighted by Crippen LogP contribution is 2.30. The molecular weight excluding hydrogens is 236 g/mol. The van der Waals surface area contributed by atoms with Crippen molar-refractivity contribution in [3.63, 3.8) is 0 Å². The first kappa shape index (κ1) is 12.1. The fourth-order valence-electron chi connectivity index (χ4n) is 2.08. The zero-order valence-corrected chi connectivity index (χ0v) is 10.2. The fourth-order valence-corrected chi connectivity index (χ4v) is 2.08. The zero-order valence-electron chi connectivity index (χ0n) is 10.2. The number of esters is 1. The summed E-state index contributed by atoms with van der Waals surface area (Å²) in [6.07, 6.45) is 0. The summed E-state index contributed by atoms with van der Waals surface area (Å²) in [5, 5.41) is 11.5. The molecule has 1 aromatic carbocycles. The minimum Gasteiger partial charge on any atom is -0.465 e. The number of fused-ring (bicyclic) bond motifs is 1. The van der Waals surface area contributed by atoms with Crippen LogP contribution in [0.15, 0.2) is 12.1 Å². The average Bonchev–Trinajstić information content (AvgIpc) is 2.65. The van der Waals surface area contributed by atoms with E-state index in [1.807, 2.05) is 0 Å². The van der Waals surface area contributed by atoms with E-state index in [1.165, 1.54) is 13.2 Å². The summed E-state index contributed by atoms with van der Waals surface area (Å²) in [5.41, 5.74) is 2.20. The Bertz CT molecular complexity index is 658. The number of H-pyrrole nitrogens is 1. The van der Waals surface area contributed by atoms with Crippen LogP contribution < -0.4 is 0 Å². The van der Waals surface area contributed by atoms with E-state index in [0.717, 1.165) is 0 Å². The number of nitro benzene ring substituents is 1. The summed E-state index contributed by atoms with van der Waals surface area (Å²) < 4.78 is 4.71. The van der Waals surface area contributed by atoms with E-state index < -0.39 is 10.9 Å². The summed E-state index contributed by atoms with van der Waals surface area (Å²) >= 11 is 0. The first-order valence-electron chi connectivity index (χ1n) is 5.32. The number of carbonyl (C=O) groups is 1. The Kier molecular flexibility index (Phi) is 2.78. The Hall–Kier alpha value is -2.37. The van der Waals surface area contributed by atoms with Crippen LogP contribution in [-0.4, -0.2) is 23.0 Å². The number of benzene rings is 1. The van der Waals surface area contributed by atoms with Crippen LogP contribution in [0.5, 0.6) is 0 Å². The Morgan fingerprint density at radius 3 is 2.61 bits per heavy atom. The van der Waals surface area contributed by atoms with Gasteiger partial charge in [0.05, 0.1) is 28.7 Å². The van der Waals surface area contributed by atoms with Gasteiger partial charge in [0.15, 0.2) is 0 Å². The molecule has 6 heteroatoms. The third kappa shape index (κ3) is 1.62. The monoisotopic (exact) mass is 248 g/mol. The van der Waals surface area contributed by atoms with Crippen molar-refractivity contribution in [2.75, 3.05) is 7.11 Å². The molecule has 0 aliphatic heterocycles. The third-order valence-electron chi connectivity index (χ3n) is 2.98. The minimum absolute atomic E-state index is 0.0279. The number of methoxy groups -OCH3 is 1. The number of ether oxygens (including phenoxy) is 1. The molecule has 2 aromatic rings. The van der Waals surface area contributed by atoms with Crippen LogP contribution in [0.1, 0.15) is 21.6 Å². The van der Waals surface area contributed by atoms with Crippen molar-refractivity contribution in [2.45, 2.75) is 13.8 Å². The van der Waals surface area contributed by atoms with Gasteiger partial charge in [0.1, 0.15) is 0 Å². The topological polar surface area (TPSA) is 85.2 Å². The van der Waals surface area contributed by atoms with Crippen LogP contribution in [0.3, 0.4) is 0 Å². The second-order valence-electron chi connectivity index (χ2n) is 4.01. The highest BCUT2D eigenvalue weighted by Gasteiger charge is 2.21. The van der Waals surface area contributed by atoms with Crippen molar-refractivity contribution in [1.82, 2.24) is 4.98 Å². The van der Waals surface area contributed by atoms with Gasteiger partial charge in [0, 0.05) is 17.1 Å². The number of aromatic amines is 1. The van der Waals surface area contributed by atoms with Crippen LogP contribution >= 0.6 is 0 Å². The Labute approximate surface area is 103 Å². The van der Waals surface area contributed by atoms with Crippen molar-refractivity contribution < 1.29 is 14.5 Å². The first-order chi connectivity index (χ1) is 8.47. The number of aryl methyl sites for hydroxylation is 2. The number of nitrogens with one attached hydrogen (secondary N) is 1. The van der Waals surface area contributed by atoms with Crippen molar-refractivity contribution in [1.29, 1.82) is 0 Å². The van der Waals surface area contributed by atoms with Gasteiger partial charge in [0.2, 0.25) is 0 Å². The van der Waals surface area contributed by atoms with E-state index >= 15 is 0 Å². The zero-order chi connectivity index (χ0) is 13.4. The van der Waals surface area contributed by atoms with Gasteiger partial charge in [0.25, 0.3) is 5.69 Å². The summed E-state index contributed by atoms with van der Waals surface area (Å²) in [6, 6.07) is 2.97. The van der Waals surface area contributed by atoms with Gasteiger partial charge in [-0.2, -0.15) is 0 Å². The van der Waals surface area contributed by atoms with E-state index in [1.54, 1.807) is 19.9 Å². The van der Waals surface area contributed by atoms with Crippen molar-refractivity contribution in [3.05, 3.63) is 39.1 Å². The van der Waals surface area contributed by atoms with Crippen LogP contribution in [0, 0.1) is 24.0 Å². The number of rotatable bonds is 2. The van der Waals surface area contributed by atoms with Crippen LogP contribution in [-0.2, 0) is 4.74 Å². The highest BCUT2D eigenvalue weighted by molar-refractivity contribution is 6.06. The SMILES string of the molecule is COC(=O)c1c(C)[nH]c2c(C)c([N+](=O)[O-])ccc12. The molecule has 0 bridgehead atoms. The van der Waals surface area contributed by atoms with Gasteiger partial charge in [-0.15, -0.1) is 0 Å². The van der Waals surface area contributed by atoms with Crippen LogP contribution in [0.2, 0.25) is 0 Å². The average molecular weight is 248 g/mol. The predicted molar refractivity (Wildman–Crippen MR) is 65.8 cm³/mol. The maximum atomic E-state index is 11.7. The summed E-state index contributed by atoms with van der Waals surface area (Å²) in [6.45, 7) is 3.38. The second kappa shape index (κ2) is 4.14. The molecule has 0 saturated heterocycles. The number of carbonyl (C=O) groups excluding carboxylic acids is 1. The fraction of sp³-hybridized carbons (Fsp3) is 0.250. The minimum atomic E-state index is -0.452. The molecule has 94 valence electrons.